The third-order valence-corrected chi connectivity index (χ3v) is 5.25. The molecule has 1 saturated heterocycles. The molecule has 1 heterocycles. The molecule has 5 nitrogen and oxygen atoms in total. The van der Waals surface area contributed by atoms with Gasteiger partial charge < -0.3 is 10.5 Å². The first-order valence-electron chi connectivity index (χ1n) is 9.23. The van der Waals surface area contributed by atoms with Crippen LogP contribution in [0.15, 0.2) is 54.6 Å². The summed E-state index contributed by atoms with van der Waals surface area (Å²) in [4.78, 5) is 15.6. The van der Waals surface area contributed by atoms with Crippen LogP contribution in [0.1, 0.15) is 24.1 Å². The molecule has 2 aromatic carbocycles. The van der Waals surface area contributed by atoms with Crippen molar-refractivity contribution in [1.29, 1.82) is 0 Å². The number of primary amides is 1. The van der Waals surface area contributed by atoms with Crippen molar-refractivity contribution in [3.8, 4) is 0 Å². The number of ether oxygens (including phenoxy) is 1. The van der Waals surface area contributed by atoms with Crippen molar-refractivity contribution in [3.63, 3.8) is 0 Å². The number of benzene rings is 2. The van der Waals surface area contributed by atoms with Gasteiger partial charge in [0.05, 0.1) is 6.04 Å². The Morgan fingerprint density at radius 2 is 1.56 bits per heavy atom. The van der Waals surface area contributed by atoms with E-state index in [-0.39, 0.29) is 18.9 Å². The molecule has 2 aromatic rings. The molecule has 144 valence electrons. The molecule has 6 heteroatoms. The fourth-order valence-corrected chi connectivity index (χ4v) is 3.69. The van der Waals surface area contributed by atoms with Gasteiger partial charge in [-0.3, -0.25) is 14.6 Å². The molecule has 27 heavy (non-hydrogen) atoms. The Morgan fingerprint density at radius 3 is 2.15 bits per heavy atom. The fourth-order valence-electron chi connectivity index (χ4n) is 3.56. The van der Waals surface area contributed by atoms with Gasteiger partial charge in [-0.05, 0) is 30.2 Å². The number of rotatable bonds is 7. The van der Waals surface area contributed by atoms with Crippen molar-refractivity contribution < 1.29 is 9.53 Å². The van der Waals surface area contributed by atoms with E-state index in [2.05, 4.69) is 46.2 Å². The predicted molar refractivity (Wildman–Crippen MR) is 107 cm³/mol. The van der Waals surface area contributed by atoms with E-state index >= 15 is 0 Å². The van der Waals surface area contributed by atoms with E-state index in [4.69, 9.17) is 22.1 Å². The van der Waals surface area contributed by atoms with Gasteiger partial charge in [0.25, 0.3) is 0 Å². The van der Waals surface area contributed by atoms with Crippen LogP contribution in [0, 0.1) is 0 Å². The lowest BCUT2D eigenvalue weighted by Gasteiger charge is -2.41. The molecule has 0 saturated carbocycles. The van der Waals surface area contributed by atoms with Crippen molar-refractivity contribution in [2.24, 2.45) is 5.73 Å². The number of carbonyl (C=O) groups excluding carboxylic acids is 1. The van der Waals surface area contributed by atoms with Gasteiger partial charge in [-0.25, -0.2) is 0 Å². The van der Waals surface area contributed by atoms with E-state index < -0.39 is 5.91 Å². The lowest BCUT2D eigenvalue weighted by molar-refractivity contribution is -0.130. The molecule has 2 atom stereocenters. The highest BCUT2D eigenvalue weighted by molar-refractivity contribution is 6.30. The van der Waals surface area contributed by atoms with E-state index in [0.717, 1.165) is 31.2 Å². The zero-order chi connectivity index (χ0) is 19.2. The molecule has 1 aliphatic rings. The molecule has 0 spiro atoms. The Morgan fingerprint density at radius 1 is 1.00 bits per heavy atom. The minimum absolute atomic E-state index is 0.0429. The molecule has 1 fully saturated rings. The quantitative estimate of drug-likeness (QED) is 0.793. The minimum Gasteiger partial charge on any atom is -0.368 e. The van der Waals surface area contributed by atoms with E-state index in [9.17, 15) is 4.79 Å². The number of nitrogens with zero attached hydrogens (tertiary/aromatic N) is 2. The van der Waals surface area contributed by atoms with Crippen LogP contribution in [0.4, 0.5) is 0 Å². The third kappa shape index (κ3) is 5.30. The zero-order valence-electron chi connectivity index (χ0n) is 15.6. The molecule has 0 aromatic heterocycles. The van der Waals surface area contributed by atoms with E-state index in [0.29, 0.717) is 0 Å². The van der Waals surface area contributed by atoms with E-state index in [1.54, 1.807) is 0 Å². The second-order valence-electron chi connectivity index (χ2n) is 6.81. The van der Waals surface area contributed by atoms with E-state index in [1.165, 1.54) is 11.1 Å². The van der Waals surface area contributed by atoms with Gasteiger partial charge in [0.2, 0.25) is 5.91 Å². The summed E-state index contributed by atoms with van der Waals surface area (Å²) in [6.45, 7) is 5.48. The highest BCUT2D eigenvalue weighted by Crippen LogP contribution is 2.30. The van der Waals surface area contributed by atoms with Crippen molar-refractivity contribution in [1.82, 2.24) is 9.80 Å². The van der Waals surface area contributed by atoms with Crippen LogP contribution in [0.3, 0.4) is 0 Å². The molecule has 0 aliphatic carbocycles. The maximum Gasteiger partial charge on any atom is 0.243 e. The van der Waals surface area contributed by atoms with Gasteiger partial charge in [-0.15, -0.1) is 0 Å². The zero-order valence-corrected chi connectivity index (χ0v) is 16.3. The SMILES string of the molecule is CC(OCC(N)=O)N1CCN(C(c2ccccc2)c2ccc(Cl)cc2)CC1. The summed E-state index contributed by atoms with van der Waals surface area (Å²) in [5.41, 5.74) is 7.67. The number of piperazine rings is 1. The summed E-state index contributed by atoms with van der Waals surface area (Å²) in [5, 5.41) is 0.746. The first kappa shape index (κ1) is 19.8. The number of amides is 1. The van der Waals surface area contributed by atoms with Crippen molar-refractivity contribution in [2.75, 3.05) is 32.8 Å². The Labute approximate surface area is 165 Å². The van der Waals surface area contributed by atoms with Crippen molar-refractivity contribution in [2.45, 2.75) is 19.2 Å². The number of nitrogens with two attached hydrogens (primary N) is 1. The van der Waals surface area contributed by atoms with Gasteiger partial charge in [-0.2, -0.15) is 0 Å². The Bertz CT molecular complexity index is 731. The van der Waals surface area contributed by atoms with Crippen LogP contribution < -0.4 is 5.73 Å². The molecule has 2 N–H and O–H groups in total. The Hall–Kier alpha value is -1.92. The van der Waals surface area contributed by atoms with Crippen molar-refractivity contribution >= 4 is 17.5 Å². The van der Waals surface area contributed by atoms with Gasteiger partial charge in [0.15, 0.2) is 0 Å². The van der Waals surface area contributed by atoms with Crippen LogP contribution in [0.25, 0.3) is 0 Å². The fraction of sp³-hybridized carbons (Fsp3) is 0.381. The summed E-state index contributed by atoms with van der Waals surface area (Å²) in [6.07, 6.45) is -0.120. The number of hydrogen-bond acceptors (Lipinski definition) is 4. The highest BCUT2D eigenvalue weighted by Gasteiger charge is 2.28. The maximum atomic E-state index is 10.9. The molecule has 1 aliphatic heterocycles. The second kappa shape index (κ2) is 9.33. The Balaban J connectivity index is 1.71. The smallest absolute Gasteiger partial charge is 0.243 e. The lowest BCUT2D eigenvalue weighted by Crippen LogP contribution is -2.51. The normalized spacial score (nSPS) is 18.1. The lowest BCUT2D eigenvalue weighted by atomic mass is 9.96. The average Bonchev–Trinajstić information content (AvgIpc) is 2.69. The van der Waals surface area contributed by atoms with Crippen LogP contribution in [-0.4, -0.2) is 54.7 Å². The first-order valence-corrected chi connectivity index (χ1v) is 9.61. The van der Waals surface area contributed by atoms with Gasteiger partial charge in [0, 0.05) is 31.2 Å². The molecular weight excluding hydrogens is 362 g/mol. The van der Waals surface area contributed by atoms with Crippen LogP contribution in [-0.2, 0) is 9.53 Å². The predicted octanol–water partition coefficient (Wildman–Crippen LogP) is 2.89. The molecular formula is C21H26ClN3O2. The molecule has 3 rings (SSSR count). The summed E-state index contributed by atoms with van der Waals surface area (Å²) in [7, 11) is 0. The average molecular weight is 388 g/mol. The van der Waals surface area contributed by atoms with Crippen LogP contribution in [0.2, 0.25) is 5.02 Å². The summed E-state index contributed by atoms with van der Waals surface area (Å²) in [6, 6.07) is 18.8. The number of halogens is 1. The van der Waals surface area contributed by atoms with Crippen molar-refractivity contribution in [3.05, 3.63) is 70.7 Å². The molecule has 0 radical (unpaired) electrons. The Kier molecular flexibility index (Phi) is 6.85. The number of carbonyl (C=O) groups is 1. The van der Waals surface area contributed by atoms with Gasteiger partial charge >= 0.3 is 0 Å². The minimum atomic E-state index is -0.438. The van der Waals surface area contributed by atoms with Crippen LogP contribution in [0.5, 0.6) is 0 Å². The second-order valence-corrected chi connectivity index (χ2v) is 7.25. The molecule has 0 bridgehead atoms. The number of hydrogen-bond donors (Lipinski definition) is 1. The molecule has 2 unspecified atom stereocenters. The van der Waals surface area contributed by atoms with Gasteiger partial charge in [-0.1, -0.05) is 54.1 Å². The van der Waals surface area contributed by atoms with E-state index in [1.807, 2.05) is 25.1 Å². The van der Waals surface area contributed by atoms with Gasteiger partial charge in [0.1, 0.15) is 12.8 Å². The van der Waals surface area contributed by atoms with Crippen LogP contribution >= 0.6 is 11.6 Å². The highest BCUT2D eigenvalue weighted by atomic mass is 35.5. The monoisotopic (exact) mass is 387 g/mol. The first-order chi connectivity index (χ1) is 13.0. The summed E-state index contributed by atoms with van der Waals surface area (Å²) in [5.74, 6) is -0.438. The molecule has 1 amide bonds. The largest absolute Gasteiger partial charge is 0.368 e. The standard InChI is InChI=1S/C21H26ClN3O2/c1-16(27-15-20(23)26)24-11-13-25(14-12-24)21(17-5-3-2-4-6-17)18-7-9-19(22)10-8-18/h2-10,16,21H,11-15H2,1H3,(H2,23,26). The maximum absolute atomic E-state index is 10.9. The summed E-state index contributed by atoms with van der Waals surface area (Å²) >= 11 is 6.09. The third-order valence-electron chi connectivity index (χ3n) is 5.00. The topological polar surface area (TPSA) is 58.8 Å². The summed E-state index contributed by atoms with van der Waals surface area (Å²) < 4.78 is 5.54.